The first-order valence-electron chi connectivity index (χ1n) is 10.2. The summed E-state index contributed by atoms with van der Waals surface area (Å²) in [4.78, 5) is 9.75. The van der Waals surface area contributed by atoms with Crippen LogP contribution in [0.5, 0.6) is 5.75 Å². The Morgan fingerprint density at radius 1 is 0.931 bits per heavy atom. The van der Waals surface area contributed by atoms with Crippen LogP contribution in [0.25, 0.3) is 11.5 Å². The molecule has 0 atom stereocenters. The highest BCUT2D eigenvalue weighted by Crippen LogP contribution is 2.32. The van der Waals surface area contributed by atoms with Crippen molar-refractivity contribution >= 4 is 5.69 Å². The summed E-state index contributed by atoms with van der Waals surface area (Å²) in [6.07, 6.45) is 0. The molecule has 0 unspecified atom stereocenters. The molecule has 152 valence electrons. The minimum atomic E-state index is 0.698. The minimum absolute atomic E-state index is 0.698. The fourth-order valence-electron chi connectivity index (χ4n) is 3.95. The van der Waals surface area contributed by atoms with Crippen LogP contribution in [0.3, 0.4) is 0 Å². The van der Waals surface area contributed by atoms with E-state index in [0.717, 1.165) is 66.6 Å². The molecule has 0 saturated carbocycles. The third-order valence-electron chi connectivity index (χ3n) is 5.95. The van der Waals surface area contributed by atoms with Gasteiger partial charge in [0.2, 0.25) is 5.89 Å². The van der Waals surface area contributed by atoms with Gasteiger partial charge in [0.25, 0.3) is 0 Å². The lowest BCUT2D eigenvalue weighted by molar-refractivity contribution is 0.246. The van der Waals surface area contributed by atoms with Crippen LogP contribution in [0.15, 0.2) is 46.9 Å². The molecule has 3 aromatic rings. The van der Waals surface area contributed by atoms with Gasteiger partial charge in [-0.05, 0) is 56.2 Å². The summed E-state index contributed by atoms with van der Waals surface area (Å²) in [6.45, 7) is 11.1. The molecule has 1 aliphatic rings. The van der Waals surface area contributed by atoms with Gasteiger partial charge in [-0.2, -0.15) is 0 Å². The molecular weight excluding hydrogens is 362 g/mol. The third kappa shape index (κ3) is 4.01. The number of piperazine rings is 1. The highest BCUT2D eigenvalue weighted by Gasteiger charge is 2.21. The van der Waals surface area contributed by atoms with Crippen LogP contribution < -0.4 is 9.64 Å². The number of aromatic nitrogens is 1. The van der Waals surface area contributed by atoms with Crippen molar-refractivity contribution in [2.24, 2.45) is 0 Å². The number of rotatable bonds is 5. The van der Waals surface area contributed by atoms with Gasteiger partial charge in [0.15, 0.2) is 0 Å². The first kappa shape index (κ1) is 19.5. The lowest BCUT2D eigenvalue weighted by Gasteiger charge is -2.35. The molecule has 0 bridgehead atoms. The van der Waals surface area contributed by atoms with E-state index in [0.29, 0.717) is 5.89 Å². The number of ether oxygens (including phenoxy) is 1. The van der Waals surface area contributed by atoms with E-state index in [1.54, 1.807) is 7.11 Å². The number of oxazole rings is 1. The van der Waals surface area contributed by atoms with Gasteiger partial charge in [0, 0.05) is 44.0 Å². The number of aryl methyl sites for hydroxylation is 1. The van der Waals surface area contributed by atoms with Crippen LogP contribution in [-0.2, 0) is 6.54 Å². The van der Waals surface area contributed by atoms with Gasteiger partial charge < -0.3 is 14.1 Å². The van der Waals surface area contributed by atoms with Crippen LogP contribution in [0.4, 0.5) is 5.69 Å². The fraction of sp³-hybridized carbons (Fsp3) is 0.375. The first-order chi connectivity index (χ1) is 14.1. The van der Waals surface area contributed by atoms with Crippen molar-refractivity contribution in [1.82, 2.24) is 9.88 Å². The fourth-order valence-corrected chi connectivity index (χ4v) is 3.95. The smallest absolute Gasteiger partial charge is 0.226 e. The van der Waals surface area contributed by atoms with Crippen LogP contribution in [0, 0.1) is 20.8 Å². The molecule has 1 fully saturated rings. The highest BCUT2D eigenvalue weighted by atomic mass is 16.5. The molecule has 1 aromatic heterocycles. The van der Waals surface area contributed by atoms with Gasteiger partial charge in [0.1, 0.15) is 11.5 Å². The maximum absolute atomic E-state index is 6.05. The Bertz CT molecular complexity index is 973. The topological polar surface area (TPSA) is 41.7 Å². The minimum Gasteiger partial charge on any atom is -0.496 e. The molecular formula is C24H29N3O2. The van der Waals surface area contributed by atoms with Gasteiger partial charge >= 0.3 is 0 Å². The molecule has 1 aliphatic heterocycles. The van der Waals surface area contributed by atoms with Crippen molar-refractivity contribution in [2.75, 3.05) is 38.2 Å². The molecule has 4 rings (SSSR count). The Hall–Kier alpha value is -2.79. The van der Waals surface area contributed by atoms with Crippen molar-refractivity contribution in [1.29, 1.82) is 0 Å². The SMILES string of the molecule is COc1ccc(-c2nc(CN3CCN(c4ccccc4)CC3)c(C)o2)c(C)c1C. The molecule has 0 aliphatic carbocycles. The predicted octanol–water partition coefficient (Wildman–Crippen LogP) is 4.60. The zero-order chi connectivity index (χ0) is 20.4. The van der Waals surface area contributed by atoms with Crippen molar-refractivity contribution in [2.45, 2.75) is 27.3 Å². The summed E-state index contributed by atoms with van der Waals surface area (Å²) in [5, 5.41) is 0. The lowest BCUT2D eigenvalue weighted by atomic mass is 10.0. The average molecular weight is 392 g/mol. The number of para-hydroxylation sites is 1. The summed E-state index contributed by atoms with van der Waals surface area (Å²) in [7, 11) is 1.70. The third-order valence-corrected chi connectivity index (χ3v) is 5.95. The van der Waals surface area contributed by atoms with Gasteiger partial charge in [0.05, 0.1) is 12.8 Å². The number of hydrogen-bond donors (Lipinski definition) is 0. The molecule has 0 radical (unpaired) electrons. The Morgan fingerprint density at radius 2 is 1.66 bits per heavy atom. The average Bonchev–Trinajstić information content (AvgIpc) is 3.11. The second-order valence-electron chi connectivity index (χ2n) is 7.69. The highest BCUT2D eigenvalue weighted by molar-refractivity contribution is 5.63. The molecule has 5 heteroatoms. The molecule has 0 spiro atoms. The van der Waals surface area contributed by atoms with E-state index in [1.165, 1.54) is 5.69 Å². The largest absolute Gasteiger partial charge is 0.496 e. The van der Waals surface area contributed by atoms with Crippen LogP contribution in [0.1, 0.15) is 22.6 Å². The molecule has 5 nitrogen and oxygen atoms in total. The predicted molar refractivity (Wildman–Crippen MR) is 117 cm³/mol. The van der Waals surface area contributed by atoms with Crippen molar-refractivity contribution < 1.29 is 9.15 Å². The molecule has 2 aromatic carbocycles. The number of benzene rings is 2. The van der Waals surface area contributed by atoms with Crippen LogP contribution in [-0.4, -0.2) is 43.2 Å². The van der Waals surface area contributed by atoms with E-state index >= 15 is 0 Å². The quantitative estimate of drug-likeness (QED) is 0.636. The maximum atomic E-state index is 6.05. The summed E-state index contributed by atoms with van der Waals surface area (Å²) in [5.41, 5.74) is 5.64. The van der Waals surface area contributed by atoms with Crippen molar-refractivity contribution in [3.8, 4) is 17.2 Å². The van der Waals surface area contributed by atoms with E-state index in [9.17, 15) is 0 Å². The van der Waals surface area contributed by atoms with E-state index in [-0.39, 0.29) is 0 Å². The summed E-state index contributed by atoms with van der Waals surface area (Å²) >= 11 is 0. The maximum Gasteiger partial charge on any atom is 0.226 e. The van der Waals surface area contributed by atoms with E-state index in [2.05, 4.69) is 54.0 Å². The molecule has 0 N–H and O–H groups in total. The zero-order valence-electron chi connectivity index (χ0n) is 17.7. The van der Waals surface area contributed by atoms with Crippen LogP contribution in [0.2, 0.25) is 0 Å². The monoisotopic (exact) mass is 391 g/mol. The standard InChI is InChI=1S/C24H29N3O2/c1-17-18(2)23(28-4)11-10-21(17)24-25-22(19(3)29-24)16-26-12-14-27(15-13-26)20-8-6-5-7-9-20/h5-11H,12-16H2,1-4H3. The number of anilines is 1. The van der Waals surface area contributed by atoms with E-state index in [1.807, 2.05) is 19.1 Å². The lowest BCUT2D eigenvalue weighted by Crippen LogP contribution is -2.46. The normalized spacial score (nSPS) is 15.0. The number of nitrogens with zero attached hydrogens (tertiary/aromatic N) is 3. The van der Waals surface area contributed by atoms with E-state index < -0.39 is 0 Å². The molecule has 0 amide bonds. The summed E-state index contributed by atoms with van der Waals surface area (Å²) < 4.78 is 11.5. The van der Waals surface area contributed by atoms with Crippen molar-refractivity contribution in [3.63, 3.8) is 0 Å². The second kappa shape index (κ2) is 8.29. The van der Waals surface area contributed by atoms with Gasteiger partial charge in [-0.25, -0.2) is 4.98 Å². The summed E-state index contributed by atoms with van der Waals surface area (Å²) in [6, 6.07) is 14.7. The molecule has 29 heavy (non-hydrogen) atoms. The Kier molecular flexibility index (Phi) is 5.58. The van der Waals surface area contributed by atoms with Crippen LogP contribution >= 0.6 is 0 Å². The van der Waals surface area contributed by atoms with Gasteiger partial charge in [-0.15, -0.1) is 0 Å². The summed E-state index contributed by atoms with van der Waals surface area (Å²) in [5.74, 6) is 2.49. The van der Waals surface area contributed by atoms with Crippen molar-refractivity contribution in [3.05, 3.63) is 65.0 Å². The number of hydrogen-bond acceptors (Lipinski definition) is 5. The van der Waals surface area contributed by atoms with Gasteiger partial charge in [-0.3, -0.25) is 4.90 Å². The number of methoxy groups -OCH3 is 1. The molecule has 2 heterocycles. The first-order valence-corrected chi connectivity index (χ1v) is 10.2. The Balaban J connectivity index is 1.45. The molecule has 1 saturated heterocycles. The zero-order valence-corrected chi connectivity index (χ0v) is 17.7. The Morgan fingerprint density at radius 3 is 2.34 bits per heavy atom. The second-order valence-corrected chi connectivity index (χ2v) is 7.69. The van der Waals surface area contributed by atoms with Gasteiger partial charge in [-0.1, -0.05) is 18.2 Å². The van der Waals surface area contributed by atoms with E-state index in [4.69, 9.17) is 14.1 Å². The Labute approximate surface area is 172 Å².